The Morgan fingerprint density at radius 3 is 2.11 bits per heavy atom. The molecule has 0 fully saturated rings. The molecule has 2 atom stereocenters. The average molecular weight is 127 g/mol. The molecule has 0 aromatic rings. The zero-order valence-electron chi connectivity index (χ0n) is 5.54. The fourth-order valence-electron chi connectivity index (χ4n) is 0.499. The van der Waals surface area contributed by atoms with E-state index in [9.17, 15) is 5.11 Å². The Bertz CT molecular complexity index is 99.1. The lowest BCUT2D eigenvalue weighted by Crippen LogP contribution is -2.21. The van der Waals surface area contributed by atoms with E-state index in [1.165, 1.54) is 19.3 Å². The van der Waals surface area contributed by atoms with Gasteiger partial charge < -0.3 is 4.74 Å². The number of rotatable bonds is 4. The van der Waals surface area contributed by atoms with Crippen LogP contribution in [0.25, 0.3) is 0 Å². The van der Waals surface area contributed by atoms with Gasteiger partial charge in [-0.25, -0.2) is 5.11 Å². The van der Waals surface area contributed by atoms with E-state index in [0.717, 1.165) is 0 Å². The molecule has 0 N–H and O–H groups in total. The van der Waals surface area contributed by atoms with Crippen molar-refractivity contribution >= 4 is 0 Å². The first-order valence-electron chi connectivity index (χ1n) is 2.70. The van der Waals surface area contributed by atoms with E-state index in [1.807, 2.05) is 0 Å². The predicted octanol–water partition coefficient (Wildman–Crippen LogP) is 1.17. The van der Waals surface area contributed by atoms with Crippen molar-refractivity contribution in [3.63, 3.8) is 0 Å². The van der Waals surface area contributed by atoms with E-state index in [0.29, 0.717) is 0 Å². The third-order valence-corrected chi connectivity index (χ3v) is 1.06. The van der Waals surface area contributed by atoms with Crippen molar-refractivity contribution in [1.29, 1.82) is 0 Å². The second-order valence-corrected chi connectivity index (χ2v) is 1.64. The normalized spacial score (nSPS) is 16.2. The Hall–Kier alpha value is -0.600. The van der Waals surface area contributed by atoms with E-state index < -0.39 is 12.2 Å². The maximum absolute atomic E-state index is 10.7. The summed E-state index contributed by atoms with van der Waals surface area (Å²) >= 11 is 0. The monoisotopic (exact) mass is 127 g/mol. The van der Waals surface area contributed by atoms with Gasteiger partial charge in [0, 0.05) is 7.11 Å². The van der Waals surface area contributed by atoms with Gasteiger partial charge >= 0.3 is 0 Å². The van der Waals surface area contributed by atoms with Gasteiger partial charge in [-0.1, -0.05) is 12.2 Å². The first-order valence-corrected chi connectivity index (χ1v) is 2.70. The number of hydrogen-bond donors (Lipinski definition) is 0. The summed E-state index contributed by atoms with van der Waals surface area (Å²) in [4.78, 5) is 0. The van der Waals surface area contributed by atoms with Crippen LogP contribution >= 0.6 is 0 Å². The predicted molar refractivity (Wildman–Crippen MR) is 35.7 cm³/mol. The Balaban J connectivity index is 3.77. The van der Waals surface area contributed by atoms with Gasteiger partial charge in [-0.2, -0.15) is 0 Å². The molecule has 0 aliphatic heterocycles. The highest BCUT2D eigenvalue weighted by Gasteiger charge is 2.11. The van der Waals surface area contributed by atoms with Crippen molar-refractivity contribution in [1.82, 2.24) is 0 Å². The molecule has 2 heteroatoms. The fraction of sp³-hybridized carbons (Fsp3) is 0.429. The third kappa shape index (κ3) is 2.44. The number of hydrogen-bond acceptors (Lipinski definition) is 1. The van der Waals surface area contributed by atoms with Gasteiger partial charge in [0.25, 0.3) is 0 Å². The Kier molecular flexibility index (Phi) is 4.01. The molecule has 51 valence electrons. The van der Waals surface area contributed by atoms with Crippen molar-refractivity contribution in [2.75, 3.05) is 7.11 Å². The van der Waals surface area contributed by atoms with Crippen LogP contribution in [0.1, 0.15) is 0 Å². The van der Waals surface area contributed by atoms with Crippen molar-refractivity contribution in [3.05, 3.63) is 25.3 Å². The highest BCUT2D eigenvalue weighted by atomic mass is 16.5. The van der Waals surface area contributed by atoms with Gasteiger partial charge in [0.05, 0.1) is 0 Å². The lowest BCUT2D eigenvalue weighted by atomic mass is 10.2. The summed E-state index contributed by atoms with van der Waals surface area (Å²) in [7, 11) is 1.47. The van der Waals surface area contributed by atoms with Crippen LogP contribution in [0.5, 0.6) is 0 Å². The van der Waals surface area contributed by atoms with Gasteiger partial charge in [-0.05, 0) is 0 Å². The van der Waals surface area contributed by atoms with E-state index in [1.54, 1.807) is 0 Å². The summed E-state index contributed by atoms with van der Waals surface area (Å²) in [6.07, 6.45) is 1.44. The van der Waals surface area contributed by atoms with Crippen LogP contribution in [0.4, 0.5) is 0 Å². The molecule has 0 aliphatic rings. The second kappa shape index (κ2) is 4.30. The molecule has 0 saturated heterocycles. The minimum Gasteiger partial charge on any atom is -0.374 e. The molecule has 0 heterocycles. The van der Waals surface area contributed by atoms with Crippen LogP contribution in [-0.4, -0.2) is 19.3 Å². The molecule has 0 bridgehead atoms. The number of ether oxygens (including phenoxy) is 1. The molecule has 0 aliphatic carbocycles. The Morgan fingerprint density at radius 1 is 1.44 bits per heavy atom. The quantitative estimate of drug-likeness (QED) is 0.521. The van der Waals surface area contributed by atoms with Crippen LogP contribution in [0.2, 0.25) is 0 Å². The molecule has 2 unspecified atom stereocenters. The van der Waals surface area contributed by atoms with Crippen LogP contribution in [0.15, 0.2) is 25.3 Å². The molecule has 0 aromatic heterocycles. The van der Waals surface area contributed by atoms with Crippen LogP contribution in [-0.2, 0) is 9.84 Å². The third-order valence-electron chi connectivity index (χ3n) is 1.06. The highest BCUT2D eigenvalue weighted by Crippen LogP contribution is 1.99. The van der Waals surface area contributed by atoms with E-state index in [-0.39, 0.29) is 0 Å². The minimum absolute atomic E-state index is 0.442. The first-order chi connectivity index (χ1) is 4.26. The van der Waals surface area contributed by atoms with Gasteiger partial charge in [-0.15, -0.1) is 13.2 Å². The molecule has 0 rings (SSSR count). The SMILES string of the molecule is C=CC([O])C(C=C)OC. The van der Waals surface area contributed by atoms with Crippen molar-refractivity contribution < 1.29 is 9.84 Å². The average Bonchev–Trinajstić information content (AvgIpc) is 1.90. The summed E-state index contributed by atoms with van der Waals surface area (Å²) in [5.74, 6) is 0. The van der Waals surface area contributed by atoms with E-state index in [4.69, 9.17) is 4.74 Å². The topological polar surface area (TPSA) is 29.1 Å². The fourth-order valence-corrected chi connectivity index (χ4v) is 0.499. The van der Waals surface area contributed by atoms with Gasteiger partial charge in [-0.3, -0.25) is 0 Å². The highest BCUT2D eigenvalue weighted by molar-refractivity contribution is 4.94. The molecule has 0 aromatic carbocycles. The van der Waals surface area contributed by atoms with Crippen LogP contribution in [0, 0.1) is 0 Å². The van der Waals surface area contributed by atoms with Crippen molar-refractivity contribution in [2.24, 2.45) is 0 Å². The minimum atomic E-state index is -0.896. The summed E-state index contributed by atoms with van der Waals surface area (Å²) in [5, 5.41) is 10.7. The summed E-state index contributed by atoms with van der Waals surface area (Å²) in [6.45, 7) is 6.77. The molecule has 0 amide bonds. The van der Waals surface area contributed by atoms with Crippen molar-refractivity contribution in [2.45, 2.75) is 12.2 Å². The first kappa shape index (κ1) is 8.40. The van der Waals surface area contributed by atoms with E-state index >= 15 is 0 Å². The zero-order chi connectivity index (χ0) is 7.28. The molecule has 0 spiro atoms. The van der Waals surface area contributed by atoms with Crippen molar-refractivity contribution in [3.8, 4) is 0 Å². The molecule has 0 saturated carbocycles. The van der Waals surface area contributed by atoms with Crippen LogP contribution in [0.3, 0.4) is 0 Å². The lowest BCUT2D eigenvalue weighted by molar-refractivity contribution is 0.00452. The lowest BCUT2D eigenvalue weighted by Gasteiger charge is -2.10. The zero-order valence-corrected chi connectivity index (χ0v) is 5.54. The van der Waals surface area contributed by atoms with Gasteiger partial charge in [0.15, 0.2) is 0 Å². The smallest absolute Gasteiger partial charge is 0.140 e. The maximum atomic E-state index is 10.7. The van der Waals surface area contributed by atoms with Gasteiger partial charge in [0.1, 0.15) is 12.2 Å². The summed E-state index contributed by atoms with van der Waals surface area (Å²) in [6, 6.07) is 0. The van der Waals surface area contributed by atoms with Crippen LogP contribution < -0.4 is 0 Å². The molecule has 1 radical (unpaired) electrons. The molecular formula is C7H11O2. The Morgan fingerprint density at radius 2 is 2.00 bits per heavy atom. The molecule has 2 nitrogen and oxygen atoms in total. The van der Waals surface area contributed by atoms with Gasteiger partial charge in [0.2, 0.25) is 0 Å². The summed E-state index contributed by atoms with van der Waals surface area (Å²) in [5.41, 5.74) is 0. The number of methoxy groups -OCH3 is 1. The van der Waals surface area contributed by atoms with E-state index in [2.05, 4.69) is 13.2 Å². The molecular weight excluding hydrogens is 116 g/mol. The molecule has 9 heavy (non-hydrogen) atoms. The standard InChI is InChI=1S/C7H11O2/c1-4-6(8)7(5-2)9-3/h4-7H,1-2H2,3H3. The summed E-state index contributed by atoms with van der Waals surface area (Å²) < 4.78 is 4.75. The largest absolute Gasteiger partial charge is 0.374 e. The second-order valence-electron chi connectivity index (χ2n) is 1.64. The Labute approximate surface area is 55.5 Å². The maximum Gasteiger partial charge on any atom is 0.140 e.